The minimum absolute atomic E-state index is 0.184. The molecule has 2 aliphatic heterocycles. The van der Waals surface area contributed by atoms with Crippen molar-refractivity contribution in [2.24, 2.45) is 5.92 Å². The Bertz CT molecular complexity index is 259. The molecule has 112 valence electrons. The molecule has 2 rings (SSSR count). The van der Waals surface area contributed by atoms with E-state index in [2.05, 4.69) is 42.3 Å². The first kappa shape index (κ1) is 15.6. The summed E-state index contributed by atoms with van der Waals surface area (Å²) in [4.78, 5) is 4.89. The molecule has 0 aromatic rings. The molecular formula is C15H30N2OS. The fourth-order valence-electron chi connectivity index (χ4n) is 3.33. The third kappa shape index (κ3) is 5.25. The molecule has 0 aromatic carbocycles. The molecule has 0 radical (unpaired) electrons. The van der Waals surface area contributed by atoms with Crippen LogP contribution >= 0.6 is 11.8 Å². The summed E-state index contributed by atoms with van der Waals surface area (Å²) in [5.74, 6) is 0.870. The van der Waals surface area contributed by atoms with Crippen molar-refractivity contribution >= 4 is 11.8 Å². The maximum atomic E-state index is 10.3. The highest BCUT2D eigenvalue weighted by atomic mass is 32.2. The minimum Gasteiger partial charge on any atom is -0.390 e. The fourth-order valence-corrected chi connectivity index (χ4v) is 4.72. The number of β-amino-alcohol motifs (C(OH)–C–C–N with tert-alkyl or cyclic N) is 1. The van der Waals surface area contributed by atoms with Crippen LogP contribution in [0, 0.1) is 5.92 Å². The van der Waals surface area contributed by atoms with Crippen molar-refractivity contribution in [1.82, 2.24) is 9.80 Å². The van der Waals surface area contributed by atoms with Crippen molar-refractivity contribution in [3.05, 3.63) is 0 Å². The second-order valence-corrected chi connectivity index (χ2v) is 8.49. The van der Waals surface area contributed by atoms with Crippen LogP contribution in [0.3, 0.4) is 0 Å². The van der Waals surface area contributed by atoms with Crippen molar-refractivity contribution < 1.29 is 5.11 Å². The summed E-state index contributed by atoms with van der Waals surface area (Å²) >= 11 is 2.07. The van der Waals surface area contributed by atoms with Gasteiger partial charge in [0.05, 0.1) is 6.10 Å². The summed E-state index contributed by atoms with van der Waals surface area (Å²) < 4.78 is 0. The molecule has 3 nitrogen and oxygen atoms in total. The van der Waals surface area contributed by atoms with Crippen LogP contribution in [0.5, 0.6) is 0 Å². The van der Waals surface area contributed by atoms with Crippen molar-refractivity contribution in [2.75, 3.05) is 39.3 Å². The maximum Gasteiger partial charge on any atom is 0.0793 e. The van der Waals surface area contributed by atoms with Gasteiger partial charge in [-0.2, -0.15) is 11.8 Å². The topological polar surface area (TPSA) is 26.7 Å². The number of nitrogens with zero attached hydrogens (tertiary/aromatic N) is 2. The summed E-state index contributed by atoms with van der Waals surface area (Å²) in [6, 6.07) is 0. The Morgan fingerprint density at radius 1 is 1.00 bits per heavy atom. The van der Waals surface area contributed by atoms with Gasteiger partial charge in [-0.25, -0.2) is 0 Å². The Balaban J connectivity index is 1.70. The summed E-state index contributed by atoms with van der Waals surface area (Å²) in [5, 5.41) is 11.7. The second kappa shape index (κ2) is 7.30. The number of thioether (sulfide) groups is 1. The zero-order valence-electron chi connectivity index (χ0n) is 12.7. The quantitative estimate of drug-likeness (QED) is 0.854. The smallest absolute Gasteiger partial charge is 0.0793 e. The van der Waals surface area contributed by atoms with E-state index in [4.69, 9.17) is 0 Å². The molecule has 2 saturated heterocycles. The van der Waals surface area contributed by atoms with E-state index < -0.39 is 0 Å². The average Bonchev–Trinajstić information content (AvgIpc) is 2.30. The summed E-state index contributed by atoms with van der Waals surface area (Å²) in [7, 11) is 0. The highest BCUT2D eigenvalue weighted by Gasteiger charge is 2.25. The van der Waals surface area contributed by atoms with Gasteiger partial charge in [-0.05, 0) is 31.8 Å². The van der Waals surface area contributed by atoms with Gasteiger partial charge < -0.3 is 10.0 Å². The second-order valence-electron chi connectivity index (χ2n) is 6.61. The van der Waals surface area contributed by atoms with Gasteiger partial charge in [0.15, 0.2) is 0 Å². The van der Waals surface area contributed by atoms with E-state index in [0.717, 1.165) is 32.1 Å². The third-order valence-corrected chi connectivity index (χ3v) is 5.54. The Morgan fingerprint density at radius 2 is 1.53 bits per heavy atom. The monoisotopic (exact) mass is 286 g/mol. The van der Waals surface area contributed by atoms with Gasteiger partial charge in [-0.1, -0.05) is 20.8 Å². The van der Waals surface area contributed by atoms with E-state index in [1.165, 1.54) is 25.9 Å². The number of rotatable bonds is 4. The fraction of sp³-hybridized carbons (Fsp3) is 1.00. The Morgan fingerprint density at radius 3 is 2.11 bits per heavy atom. The molecule has 2 fully saturated rings. The van der Waals surface area contributed by atoms with Gasteiger partial charge in [-0.3, -0.25) is 4.90 Å². The molecule has 3 unspecified atom stereocenters. The van der Waals surface area contributed by atoms with Gasteiger partial charge in [0.25, 0.3) is 0 Å². The first-order valence-electron chi connectivity index (χ1n) is 7.81. The zero-order chi connectivity index (χ0) is 13.8. The molecule has 0 spiro atoms. The van der Waals surface area contributed by atoms with Crippen LogP contribution in [-0.4, -0.2) is 70.8 Å². The standard InChI is InChI=1S/C15H30N2OS/c1-12-4-6-16(7-5-12)10-15(18)11-17-8-13(2)19-14(3)9-17/h12-15,18H,4-11H2,1-3H3. The van der Waals surface area contributed by atoms with Crippen molar-refractivity contribution in [1.29, 1.82) is 0 Å². The predicted molar refractivity (Wildman–Crippen MR) is 83.8 cm³/mol. The van der Waals surface area contributed by atoms with E-state index in [0.29, 0.717) is 10.5 Å². The molecule has 19 heavy (non-hydrogen) atoms. The minimum atomic E-state index is -0.184. The van der Waals surface area contributed by atoms with Crippen LogP contribution in [-0.2, 0) is 0 Å². The molecule has 0 bridgehead atoms. The molecule has 3 atom stereocenters. The summed E-state index contributed by atoms with van der Waals surface area (Å²) in [5.41, 5.74) is 0. The molecule has 0 saturated carbocycles. The van der Waals surface area contributed by atoms with Crippen LogP contribution in [0.4, 0.5) is 0 Å². The van der Waals surface area contributed by atoms with E-state index >= 15 is 0 Å². The number of hydrogen-bond donors (Lipinski definition) is 1. The van der Waals surface area contributed by atoms with Gasteiger partial charge in [0.2, 0.25) is 0 Å². The van der Waals surface area contributed by atoms with Crippen LogP contribution in [0.2, 0.25) is 0 Å². The molecule has 2 heterocycles. The van der Waals surface area contributed by atoms with Crippen LogP contribution in [0.1, 0.15) is 33.6 Å². The van der Waals surface area contributed by atoms with E-state index in [1.807, 2.05) is 0 Å². The van der Waals surface area contributed by atoms with Crippen LogP contribution in [0.15, 0.2) is 0 Å². The summed E-state index contributed by atoms with van der Waals surface area (Å²) in [6.07, 6.45) is 2.40. The van der Waals surface area contributed by atoms with Gasteiger partial charge in [-0.15, -0.1) is 0 Å². The van der Waals surface area contributed by atoms with Crippen molar-refractivity contribution in [3.63, 3.8) is 0 Å². The molecule has 0 aromatic heterocycles. The Kier molecular flexibility index (Phi) is 6.00. The Hall–Kier alpha value is 0.230. The number of hydrogen-bond acceptors (Lipinski definition) is 4. The number of likely N-dealkylation sites (tertiary alicyclic amines) is 1. The molecular weight excluding hydrogens is 256 g/mol. The number of aliphatic hydroxyl groups is 1. The van der Waals surface area contributed by atoms with E-state index in [-0.39, 0.29) is 6.10 Å². The lowest BCUT2D eigenvalue weighted by Gasteiger charge is -2.37. The van der Waals surface area contributed by atoms with Gasteiger partial charge >= 0.3 is 0 Å². The first-order chi connectivity index (χ1) is 9.02. The molecule has 0 amide bonds. The highest BCUT2D eigenvalue weighted by molar-refractivity contribution is 8.00. The van der Waals surface area contributed by atoms with Crippen LogP contribution < -0.4 is 0 Å². The van der Waals surface area contributed by atoms with E-state index in [1.54, 1.807) is 0 Å². The van der Waals surface area contributed by atoms with Gasteiger partial charge in [0.1, 0.15) is 0 Å². The zero-order valence-corrected chi connectivity index (χ0v) is 13.5. The first-order valence-corrected chi connectivity index (χ1v) is 8.75. The molecule has 1 N–H and O–H groups in total. The number of aliphatic hydroxyl groups excluding tert-OH is 1. The highest BCUT2D eigenvalue weighted by Crippen LogP contribution is 2.24. The summed E-state index contributed by atoms with van der Waals surface area (Å²) in [6.45, 7) is 13.2. The molecule has 4 heteroatoms. The largest absolute Gasteiger partial charge is 0.390 e. The average molecular weight is 286 g/mol. The predicted octanol–water partition coefficient (Wildman–Crippen LogP) is 1.91. The van der Waals surface area contributed by atoms with E-state index in [9.17, 15) is 5.11 Å². The van der Waals surface area contributed by atoms with Crippen molar-refractivity contribution in [2.45, 2.75) is 50.2 Å². The Labute approximate surface area is 122 Å². The van der Waals surface area contributed by atoms with Crippen LogP contribution in [0.25, 0.3) is 0 Å². The molecule has 0 aliphatic carbocycles. The van der Waals surface area contributed by atoms with Crippen molar-refractivity contribution in [3.8, 4) is 0 Å². The lowest BCUT2D eigenvalue weighted by Crippen LogP contribution is -2.47. The number of piperidine rings is 1. The SMILES string of the molecule is CC1CCN(CC(O)CN2CC(C)SC(C)C2)CC1. The third-order valence-electron chi connectivity index (χ3n) is 4.31. The molecule has 2 aliphatic rings. The van der Waals surface area contributed by atoms with Gasteiger partial charge in [0, 0.05) is 36.7 Å². The normalized spacial score (nSPS) is 33.5. The lowest BCUT2D eigenvalue weighted by molar-refractivity contribution is 0.0609. The maximum absolute atomic E-state index is 10.3. The lowest BCUT2D eigenvalue weighted by atomic mass is 9.99.